The summed E-state index contributed by atoms with van der Waals surface area (Å²) in [5, 5.41) is 2.76. The molecule has 20 heavy (non-hydrogen) atoms. The number of hydrogen-bond donors (Lipinski definition) is 2. The number of ether oxygens (including phenoxy) is 1. The van der Waals surface area contributed by atoms with Crippen LogP contribution in [0.25, 0.3) is 0 Å². The first-order chi connectivity index (χ1) is 9.52. The van der Waals surface area contributed by atoms with Gasteiger partial charge in [0.25, 0.3) is 0 Å². The number of likely N-dealkylation sites (tertiary alicyclic amines) is 1. The fourth-order valence-electron chi connectivity index (χ4n) is 3.28. The number of nitrogens with zero attached hydrogens (tertiary/aromatic N) is 1. The van der Waals surface area contributed by atoms with E-state index in [1.807, 2.05) is 4.90 Å². The summed E-state index contributed by atoms with van der Waals surface area (Å²) in [7, 11) is 1.35. The molecule has 1 heterocycles. The molecule has 6 heteroatoms. The maximum absolute atomic E-state index is 12.6. The lowest BCUT2D eigenvalue weighted by Crippen LogP contribution is -2.46. The largest absolute Gasteiger partial charge is 0.453 e. The Labute approximate surface area is 120 Å². The number of carbonyl (C=O) groups excluding carboxylic acids is 2. The van der Waals surface area contributed by atoms with Crippen LogP contribution in [0, 0.1) is 11.8 Å². The van der Waals surface area contributed by atoms with Crippen molar-refractivity contribution in [3.8, 4) is 0 Å². The number of rotatable bonds is 2. The Bertz CT molecular complexity index is 375. The summed E-state index contributed by atoms with van der Waals surface area (Å²) in [6, 6.07) is 0.128. The minimum Gasteiger partial charge on any atom is -0.453 e. The number of nitrogens with two attached hydrogens (primary N) is 1. The van der Waals surface area contributed by atoms with Crippen LogP contribution in [-0.4, -0.2) is 49.2 Å². The zero-order chi connectivity index (χ0) is 14.7. The smallest absolute Gasteiger partial charge is 0.407 e. The SMILES string of the molecule is COC(=O)NC1CCN(C(=O)C2CCCC(N)C2C)C1. The third-order valence-corrected chi connectivity index (χ3v) is 4.69. The van der Waals surface area contributed by atoms with E-state index in [1.165, 1.54) is 7.11 Å². The van der Waals surface area contributed by atoms with E-state index < -0.39 is 6.09 Å². The minimum absolute atomic E-state index is 0.000954. The highest BCUT2D eigenvalue weighted by molar-refractivity contribution is 5.80. The Kier molecular flexibility index (Phi) is 4.86. The lowest BCUT2D eigenvalue weighted by Gasteiger charge is -2.35. The van der Waals surface area contributed by atoms with Crippen LogP contribution in [-0.2, 0) is 9.53 Å². The van der Waals surface area contributed by atoms with Crippen molar-refractivity contribution in [2.24, 2.45) is 17.6 Å². The lowest BCUT2D eigenvalue weighted by molar-refractivity contribution is -0.137. The van der Waals surface area contributed by atoms with E-state index in [-0.39, 0.29) is 29.8 Å². The number of methoxy groups -OCH3 is 1. The molecule has 4 atom stereocenters. The normalized spacial score (nSPS) is 33.9. The Hall–Kier alpha value is -1.30. The highest BCUT2D eigenvalue weighted by Gasteiger charge is 2.37. The summed E-state index contributed by atoms with van der Waals surface area (Å²) in [5.41, 5.74) is 6.07. The average Bonchev–Trinajstić information content (AvgIpc) is 2.89. The van der Waals surface area contributed by atoms with E-state index >= 15 is 0 Å². The molecule has 0 radical (unpaired) electrons. The van der Waals surface area contributed by atoms with Crippen molar-refractivity contribution in [3.05, 3.63) is 0 Å². The highest BCUT2D eigenvalue weighted by atomic mass is 16.5. The van der Waals surface area contributed by atoms with Gasteiger partial charge in [-0.3, -0.25) is 4.79 Å². The van der Waals surface area contributed by atoms with Gasteiger partial charge in [-0.05, 0) is 25.2 Å². The Morgan fingerprint density at radius 3 is 2.75 bits per heavy atom. The molecule has 6 nitrogen and oxygen atoms in total. The number of carbonyl (C=O) groups is 2. The van der Waals surface area contributed by atoms with Crippen molar-refractivity contribution in [1.29, 1.82) is 0 Å². The quantitative estimate of drug-likeness (QED) is 0.781. The van der Waals surface area contributed by atoms with Crippen LogP contribution in [0.5, 0.6) is 0 Å². The summed E-state index contributed by atoms with van der Waals surface area (Å²) in [6.07, 6.45) is 3.32. The van der Waals surface area contributed by atoms with Crippen LogP contribution in [0.15, 0.2) is 0 Å². The van der Waals surface area contributed by atoms with E-state index in [4.69, 9.17) is 5.73 Å². The summed E-state index contributed by atoms with van der Waals surface area (Å²) >= 11 is 0. The zero-order valence-electron chi connectivity index (χ0n) is 12.3. The first-order valence-corrected chi connectivity index (χ1v) is 7.41. The van der Waals surface area contributed by atoms with Crippen molar-refractivity contribution in [2.45, 2.75) is 44.7 Å². The van der Waals surface area contributed by atoms with E-state index in [9.17, 15) is 9.59 Å². The second-order valence-corrected chi connectivity index (χ2v) is 5.97. The Balaban J connectivity index is 1.89. The Morgan fingerprint density at radius 2 is 2.05 bits per heavy atom. The molecule has 1 aliphatic heterocycles. The summed E-state index contributed by atoms with van der Waals surface area (Å²) < 4.78 is 4.59. The molecule has 0 aromatic heterocycles. The second-order valence-electron chi connectivity index (χ2n) is 5.97. The van der Waals surface area contributed by atoms with Crippen molar-refractivity contribution in [2.75, 3.05) is 20.2 Å². The molecule has 3 N–H and O–H groups in total. The first kappa shape index (κ1) is 15.1. The number of amides is 2. The predicted molar refractivity (Wildman–Crippen MR) is 75.0 cm³/mol. The van der Waals surface area contributed by atoms with E-state index in [2.05, 4.69) is 17.0 Å². The Morgan fingerprint density at radius 1 is 1.30 bits per heavy atom. The lowest BCUT2D eigenvalue weighted by atomic mass is 9.76. The van der Waals surface area contributed by atoms with Gasteiger partial charge in [0.05, 0.1) is 13.2 Å². The standard InChI is InChI=1S/C14H25N3O3/c1-9-11(4-3-5-12(9)15)13(18)17-7-6-10(8-17)16-14(19)20-2/h9-12H,3-8,15H2,1-2H3,(H,16,19). The van der Waals surface area contributed by atoms with E-state index in [0.29, 0.717) is 13.1 Å². The van der Waals surface area contributed by atoms with Crippen molar-refractivity contribution in [3.63, 3.8) is 0 Å². The van der Waals surface area contributed by atoms with Crippen molar-refractivity contribution in [1.82, 2.24) is 10.2 Å². The van der Waals surface area contributed by atoms with Crippen molar-refractivity contribution >= 4 is 12.0 Å². The molecule has 0 aromatic rings. The molecule has 2 fully saturated rings. The van der Waals surface area contributed by atoms with Gasteiger partial charge in [-0.25, -0.2) is 4.79 Å². The van der Waals surface area contributed by atoms with Gasteiger partial charge in [0.2, 0.25) is 5.91 Å². The summed E-state index contributed by atoms with van der Waals surface area (Å²) in [5.74, 6) is 0.473. The fourth-order valence-corrected chi connectivity index (χ4v) is 3.28. The molecule has 2 aliphatic rings. The molecule has 0 spiro atoms. The summed E-state index contributed by atoms with van der Waals surface area (Å²) in [4.78, 5) is 25.6. The van der Waals surface area contributed by atoms with Crippen LogP contribution in [0.4, 0.5) is 4.79 Å². The number of nitrogens with one attached hydrogen (secondary N) is 1. The third-order valence-electron chi connectivity index (χ3n) is 4.69. The molecule has 0 bridgehead atoms. The molecule has 114 valence electrons. The maximum atomic E-state index is 12.6. The van der Waals surface area contributed by atoms with E-state index in [1.54, 1.807) is 0 Å². The monoisotopic (exact) mass is 283 g/mol. The van der Waals surface area contributed by atoms with Gasteiger partial charge in [0.15, 0.2) is 0 Å². The fraction of sp³-hybridized carbons (Fsp3) is 0.857. The number of hydrogen-bond acceptors (Lipinski definition) is 4. The molecular weight excluding hydrogens is 258 g/mol. The van der Waals surface area contributed by atoms with Gasteiger partial charge in [-0.1, -0.05) is 13.3 Å². The minimum atomic E-state index is -0.433. The van der Waals surface area contributed by atoms with Gasteiger partial charge < -0.3 is 20.7 Å². The first-order valence-electron chi connectivity index (χ1n) is 7.41. The molecule has 1 aliphatic carbocycles. The second kappa shape index (κ2) is 6.43. The zero-order valence-corrected chi connectivity index (χ0v) is 12.3. The topological polar surface area (TPSA) is 84.7 Å². The maximum Gasteiger partial charge on any atom is 0.407 e. The highest BCUT2D eigenvalue weighted by Crippen LogP contribution is 2.31. The molecule has 2 rings (SSSR count). The molecule has 0 aromatic carbocycles. The number of alkyl carbamates (subject to hydrolysis) is 1. The molecule has 4 unspecified atom stereocenters. The molecular formula is C14H25N3O3. The predicted octanol–water partition coefficient (Wildman–Crippen LogP) is 0.707. The average molecular weight is 283 g/mol. The van der Waals surface area contributed by atoms with Crippen LogP contribution in [0.1, 0.15) is 32.6 Å². The third kappa shape index (κ3) is 3.23. The van der Waals surface area contributed by atoms with Crippen LogP contribution in [0.2, 0.25) is 0 Å². The van der Waals surface area contributed by atoms with Crippen LogP contribution >= 0.6 is 0 Å². The molecule has 1 saturated heterocycles. The van der Waals surface area contributed by atoms with Gasteiger partial charge >= 0.3 is 6.09 Å². The van der Waals surface area contributed by atoms with Crippen molar-refractivity contribution < 1.29 is 14.3 Å². The van der Waals surface area contributed by atoms with Gasteiger partial charge in [0, 0.05) is 25.0 Å². The van der Waals surface area contributed by atoms with Gasteiger partial charge in [0.1, 0.15) is 0 Å². The van der Waals surface area contributed by atoms with Gasteiger partial charge in [-0.2, -0.15) is 0 Å². The summed E-state index contributed by atoms with van der Waals surface area (Å²) in [6.45, 7) is 3.35. The van der Waals surface area contributed by atoms with E-state index in [0.717, 1.165) is 25.7 Å². The van der Waals surface area contributed by atoms with Gasteiger partial charge in [-0.15, -0.1) is 0 Å². The van der Waals surface area contributed by atoms with Crippen LogP contribution < -0.4 is 11.1 Å². The molecule has 1 saturated carbocycles. The molecule has 2 amide bonds. The van der Waals surface area contributed by atoms with Crippen LogP contribution in [0.3, 0.4) is 0 Å².